The summed E-state index contributed by atoms with van der Waals surface area (Å²) >= 11 is 1.10. The number of rotatable bonds is 8. The lowest BCUT2D eigenvalue weighted by Crippen LogP contribution is -2.35. The van der Waals surface area contributed by atoms with Crippen molar-refractivity contribution in [3.63, 3.8) is 0 Å². The quantitative estimate of drug-likeness (QED) is 0.468. The molecule has 0 saturated heterocycles. The second-order valence-corrected chi connectivity index (χ2v) is 9.92. The third kappa shape index (κ3) is 5.44. The van der Waals surface area contributed by atoms with Crippen LogP contribution in [0.2, 0.25) is 0 Å². The largest absolute Gasteiger partial charge is 0.454 e. The number of carbonyl (C=O) groups excluding carboxylic acids is 2. The van der Waals surface area contributed by atoms with Crippen molar-refractivity contribution in [1.29, 1.82) is 0 Å². The van der Waals surface area contributed by atoms with E-state index in [-0.39, 0.29) is 23.1 Å². The van der Waals surface area contributed by atoms with Crippen LogP contribution in [0.25, 0.3) is 0 Å². The number of carbonyl (C=O) groups is 2. The molecule has 1 atom stereocenters. The van der Waals surface area contributed by atoms with Crippen LogP contribution < -0.4 is 19.5 Å². The van der Waals surface area contributed by atoms with Crippen molar-refractivity contribution in [2.24, 2.45) is 0 Å². The zero-order chi connectivity index (χ0) is 23.4. The van der Waals surface area contributed by atoms with Crippen molar-refractivity contribution in [2.75, 3.05) is 11.5 Å². The zero-order valence-corrected chi connectivity index (χ0v) is 19.1. The normalized spacial score (nSPS) is 13.2. The van der Waals surface area contributed by atoms with Crippen LogP contribution in [0.1, 0.15) is 22.8 Å². The number of hydrogen-bond acceptors (Lipinski definition) is 8. The Kier molecular flexibility index (Phi) is 6.52. The Morgan fingerprint density at radius 3 is 2.58 bits per heavy atom. The molecule has 0 saturated carbocycles. The van der Waals surface area contributed by atoms with Gasteiger partial charge in [0.15, 0.2) is 17.6 Å². The summed E-state index contributed by atoms with van der Waals surface area (Å²) in [5.74, 6) is 0.106. The van der Waals surface area contributed by atoms with E-state index in [4.69, 9.17) is 14.2 Å². The van der Waals surface area contributed by atoms with Crippen LogP contribution >= 0.6 is 11.3 Å². The molecule has 0 fully saturated rings. The zero-order valence-electron chi connectivity index (χ0n) is 17.4. The highest BCUT2D eigenvalue weighted by Gasteiger charge is 2.20. The third-order valence-electron chi connectivity index (χ3n) is 4.69. The average Bonchev–Trinajstić information content (AvgIpc) is 3.49. The Morgan fingerprint density at radius 1 is 1.09 bits per heavy atom. The van der Waals surface area contributed by atoms with Gasteiger partial charge >= 0.3 is 5.97 Å². The first-order valence-corrected chi connectivity index (χ1v) is 12.2. The number of fused-ring (bicyclic) bond motifs is 1. The van der Waals surface area contributed by atoms with Crippen molar-refractivity contribution in [1.82, 2.24) is 5.32 Å². The van der Waals surface area contributed by atoms with Crippen molar-refractivity contribution >= 4 is 38.9 Å². The molecule has 0 unspecified atom stereocenters. The number of nitrogens with one attached hydrogen (secondary N) is 2. The van der Waals surface area contributed by atoms with Crippen molar-refractivity contribution in [2.45, 2.75) is 23.8 Å². The number of esters is 1. The topological polar surface area (TPSA) is 120 Å². The maximum absolute atomic E-state index is 12.4. The summed E-state index contributed by atoms with van der Waals surface area (Å²) in [6, 6.07) is 14.2. The second-order valence-electron chi connectivity index (χ2n) is 7.07. The number of amides is 1. The highest BCUT2D eigenvalue weighted by molar-refractivity contribution is 7.94. The van der Waals surface area contributed by atoms with Gasteiger partial charge in [-0.05, 0) is 60.3 Å². The average molecular weight is 489 g/mol. The summed E-state index contributed by atoms with van der Waals surface area (Å²) in [6.07, 6.45) is -1.02. The third-order valence-corrected chi connectivity index (χ3v) is 7.47. The van der Waals surface area contributed by atoms with E-state index < -0.39 is 28.0 Å². The Balaban J connectivity index is 1.29. The van der Waals surface area contributed by atoms with E-state index in [2.05, 4.69) is 10.0 Å². The summed E-state index contributed by atoms with van der Waals surface area (Å²) in [5.41, 5.74) is 1.30. The molecule has 4 rings (SSSR count). The molecule has 2 aromatic carbocycles. The minimum atomic E-state index is -3.68. The van der Waals surface area contributed by atoms with Crippen molar-refractivity contribution in [3.05, 3.63) is 71.1 Å². The van der Waals surface area contributed by atoms with Gasteiger partial charge in [0.1, 0.15) is 4.21 Å². The molecule has 0 radical (unpaired) electrons. The molecule has 1 aliphatic heterocycles. The summed E-state index contributed by atoms with van der Waals surface area (Å²) < 4.78 is 43.0. The number of hydrogen-bond donors (Lipinski definition) is 2. The van der Waals surface area contributed by atoms with Gasteiger partial charge in [0, 0.05) is 12.2 Å². The lowest BCUT2D eigenvalue weighted by molar-refractivity contribution is -0.129. The number of thiophene rings is 1. The molecule has 172 valence electrons. The van der Waals surface area contributed by atoms with Gasteiger partial charge in [-0.2, -0.15) is 0 Å². The SMILES string of the molecule is C[C@H](OC(=O)c1ccc(NS(=O)(=O)c2cccs2)cc1)C(=O)NCc1ccc2c(c1)OCO2. The Bertz CT molecular complexity index is 1260. The molecular formula is C22H20N2O7S2. The summed E-state index contributed by atoms with van der Waals surface area (Å²) in [4.78, 5) is 24.7. The van der Waals surface area contributed by atoms with Gasteiger partial charge in [-0.1, -0.05) is 12.1 Å². The van der Waals surface area contributed by atoms with Gasteiger partial charge in [-0.15, -0.1) is 11.3 Å². The number of benzene rings is 2. The van der Waals surface area contributed by atoms with Crippen LogP contribution in [-0.4, -0.2) is 33.2 Å². The molecule has 0 aliphatic carbocycles. The van der Waals surface area contributed by atoms with Gasteiger partial charge in [-0.25, -0.2) is 13.2 Å². The minimum absolute atomic E-state index is 0.166. The fraction of sp³-hybridized carbons (Fsp3) is 0.182. The van der Waals surface area contributed by atoms with E-state index in [1.54, 1.807) is 29.6 Å². The van der Waals surface area contributed by atoms with E-state index in [1.165, 1.54) is 37.3 Å². The van der Waals surface area contributed by atoms with Gasteiger partial charge in [-0.3, -0.25) is 9.52 Å². The molecule has 1 aliphatic rings. The van der Waals surface area contributed by atoms with E-state index in [9.17, 15) is 18.0 Å². The molecule has 11 heteroatoms. The van der Waals surface area contributed by atoms with Crippen LogP contribution in [-0.2, 0) is 26.1 Å². The minimum Gasteiger partial charge on any atom is -0.454 e. The van der Waals surface area contributed by atoms with Crippen LogP contribution in [0, 0.1) is 0 Å². The number of sulfonamides is 1. The van der Waals surface area contributed by atoms with Gasteiger partial charge in [0.25, 0.3) is 15.9 Å². The predicted molar refractivity (Wildman–Crippen MR) is 121 cm³/mol. The summed E-state index contributed by atoms with van der Waals surface area (Å²) in [5, 5.41) is 4.37. The second kappa shape index (κ2) is 9.51. The van der Waals surface area contributed by atoms with Gasteiger partial charge in [0.05, 0.1) is 5.56 Å². The Hall–Kier alpha value is -3.57. The molecule has 9 nitrogen and oxygen atoms in total. The Morgan fingerprint density at radius 2 is 1.85 bits per heavy atom. The fourth-order valence-electron chi connectivity index (χ4n) is 2.96. The van der Waals surface area contributed by atoms with Crippen molar-refractivity contribution < 1.29 is 32.2 Å². The molecular weight excluding hydrogens is 468 g/mol. The van der Waals surface area contributed by atoms with Crippen LogP contribution in [0.3, 0.4) is 0 Å². The van der Waals surface area contributed by atoms with E-state index in [1.807, 2.05) is 0 Å². The smallest absolute Gasteiger partial charge is 0.338 e. The lowest BCUT2D eigenvalue weighted by atomic mass is 10.2. The van der Waals surface area contributed by atoms with E-state index in [0.717, 1.165) is 16.9 Å². The molecule has 1 amide bonds. The first kappa shape index (κ1) is 22.6. The first-order chi connectivity index (χ1) is 15.8. The molecule has 2 N–H and O–H groups in total. The monoisotopic (exact) mass is 488 g/mol. The first-order valence-electron chi connectivity index (χ1n) is 9.85. The van der Waals surface area contributed by atoms with Crippen LogP contribution in [0.4, 0.5) is 5.69 Å². The van der Waals surface area contributed by atoms with Crippen molar-refractivity contribution in [3.8, 4) is 11.5 Å². The number of anilines is 1. The molecule has 1 aromatic heterocycles. The lowest BCUT2D eigenvalue weighted by Gasteiger charge is -2.14. The van der Waals surface area contributed by atoms with Crippen LogP contribution in [0.15, 0.2) is 64.2 Å². The highest BCUT2D eigenvalue weighted by atomic mass is 32.2. The Labute approximate surface area is 194 Å². The van der Waals surface area contributed by atoms with Crippen LogP contribution in [0.5, 0.6) is 11.5 Å². The maximum Gasteiger partial charge on any atom is 0.338 e. The van der Waals surface area contributed by atoms with Gasteiger partial charge in [0.2, 0.25) is 6.79 Å². The molecule has 33 heavy (non-hydrogen) atoms. The summed E-state index contributed by atoms with van der Waals surface area (Å²) in [7, 11) is -3.68. The fourth-order valence-corrected chi connectivity index (χ4v) is 5.01. The predicted octanol–water partition coefficient (Wildman–Crippen LogP) is 3.14. The molecule has 2 heterocycles. The molecule has 0 bridgehead atoms. The molecule has 0 spiro atoms. The summed E-state index contributed by atoms with van der Waals surface area (Å²) in [6.45, 7) is 1.87. The van der Waals surface area contributed by atoms with Gasteiger partial charge < -0.3 is 19.5 Å². The highest BCUT2D eigenvalue weighted by Crippen LogP contribution is 2.32. The molecule has 3 aromatic rings. The van der Waals surface area contributed by atoms with E-state index >= 15 is 0 Å². The van der Waals surface area contributed by atoms with E-state index in [0.29, 0.717) is 17.2 Å². The maximum atomic E-state index is 12.4. The standard InChI is InChI=1S/C22H20N2O7S2/c1-14(21(25)23-12-15-4-9-18-19(11-15)30-13-29-18)31-22(26)16-5-7-17(8-6-16)24-33(27,28)20-3-2-10-32-20/h2-11,14,24H,12-13H2,1H3,(H,23,25)/t14-/m0/s1. The number of ether oxygens (including phenoxy) is 3.